The Hall–Kier alpha value is -3.75. The number of halogens is 2. The van der Waals surface area contributed by atoms with Crippen molar-refractivity contribution in [1.82, 2.24) is 9.13 Å². The molecule has 9 heteroatoms. The Labute approximate surface area is 163 Å². The summed E-state index contributed by atoms with van der Waals surface area (Å²) in [5.74, 6) is -0.662. The molecule has 0 aliphatic heterocycles. The van der Waals surface area contributed by atoms with Gasteiger partial charge in [-0.05, 0) is 29.8 Å². The molecule has 1 heterocycles. The molecule has 1 aromatic heterocycles. The van der Waals surface area contributed by atoms with Gasteiger partial charge in [-0.25, -0.2) is 4.79 Å². The molecule has 1 amide bonds. The summed E-state index contributed by atoms with van der Waals surface area (Å²) in [5, 5.41) is 2.50. The van der Waals surface area contributed by atoms with E-state index >= 15 is 0 Å². The molecule has 0 saturated carbocycles. The number of benzene rings is 2. The predicted molar refractivity (Wildman–Crippen MR) is 102 cm³/mol. The Kier molecular flexibility index (Phi) is 6.18. The number of carbonyl (C=O) groups is 1. The van der Waals surface area contributed by atoms with Gasteiger partial charge < -0.3 is 10.1 Å². The van der Waals surface area contributed by atoms with Crippen LogP contribution in [-0.2, 0) is 17.9 Å². The number of alkyl halides is 2. The first-order valence-electron chi connectivity index (χ1n) is 8.61. The van der Waals surface area contributed by atoms with Gasteiger partial charge in [-0.1, -0.05) is 30.3 Å². The second kappa shape index (κ2) is 8.96. The molecule has 7 nitrogen and oxygen atoms in total. The van der Waals surface area contributed by atoms with E-state index in [-0.39, 0.29) is 12.3 Å². The monoisotopic (exact) mass is 401 g/mol. The van der Waals surface area contributed by atoms with E-state index in [1.807, 2.05) is 30.3 Å². The van der Waals surface area contributed by atoms with Crippen LogP contribution in [0.15, 0.2) is 76.4 Å². The van der Waals surface area contributed by atoms with Crippen molar-refractivity contribution in [3.05, 3.63) is 93.3 Å². The van der Waals surface area contributed by atoms with Crippen molar-refractivity contribution in [3.63, 3.8) is 0 Å². The molecule has 0 radical (unpaired) electrons. The predicted octanol–water partition coefficient (Wildman–Crippen LogP) is 2.30. The van der Waals surface area contributed by atoms with Crippen LogP contribution in [0.1, 0.15) is 5.56 Å². The summed E-state index contributed by atoms with van der Waals surface area (Å²) in [4.78, 5) is 36.9. The normalized spacial score (nSPS) is 10.7. The summed E-state index contributed by atoms with van der Waals surface area (Å²) < 4.78 is 30.7. The Bertz CT molecular complexity index is 1090. The van der Waals surface area contributed by atoms with Crippen LogP contribution < -0.4 is 21.3 Å². The van der Waals surface area contributed by atoms with Gasteiger partial charge in [0.15, 0.2) is 0 Å². The number of amides is 1. The quantitative estimate of drug-likeness (QED) is 0.659. The van der Waals surface area contributed by atoms with Gasteiger partial charge in [0.25, 0.3) is 5.56 Å². The fourth-order valence-electron chi connectivity index (χ4n) is 2.67. The molecule has 0 bridgehead atoms. The molecule has 0 atom stereocenters. The molecule has 0 unspecified atom stereocenters. The van der Waals surface area contributed by atoms with Gasteiger partial charge in [0.05, 0.1) is 6.54 Å². The van der Waals surface area contributed by atoms with Crippen molar-refractivity contribution in [2.75, 3.05) is 5.32 Å². The second-order valence-electron chi connectivity index (χ2n) is 6.09. The summed E-state index contributed by atoms with van der Waals surface area (Å²) in [6, 6.07) is 15.7. The maximum atomic E-state index is 12.6. The molecule has 3 aromatic rings. The van der Waals surface area contributed by atoms with E-state index in [0.717, 1.165) is 10.1 Å². The van der Waals surface area contributed by atoms with E-state index in [1.54, 1.807) is 0 Å². The Morgan fingerprint density at radius 3 is 2.34 bits per heavy atom. The average Bonchev–Trinajstić information content (AvgIpc) is 2.69. The van der Waals surface area contributed by atoms with Gasteiger partial charge in [-0.15, -0.1) is 0 Å². The lowest BCUT2D eigenvalue weighted by molar-refractivity contribution is -0.116. The number of carbonyl (C=O) groups excluding carboxylic acids is 1. The first-order chi connectivity index (χ1) is 13.9. The minimum absolute atomic E-state index is 0.0546. The van der Waals surface area contributed by atoms with Crippen LogP contribution in [0.2, 0.25) is 0 Å². The fourth-order valence-corrected chi connectivity index (χ4v) is 2.67. The highest BCUT2D eigenvalue weighted by Gasteiger charge is 2.11. The lowest BCUT2D eigenvalue weighted by atomic mass is 10.2. The third kappa shape index (κ3) is 5.38. The Morgan fingerprint density at radius 1 is 1.00 bits per heavy atom. The highest BCUT2D eigenvalue weighted by atomic mass is 19.3. The third-order valence-electron chi connectivity index (χ3n) is 4.00. The van der Waals surface area contributed by atoms with Crippen molar-refractivity contribution in [1.29, 1.82) is 0 Å². The molecule has 29 heavy (non-hydrogen) atoms. The van der Waals surface area contributed by atoms with E-state index in [2.05, 4.69) is 10.1 Å². The van der Waals surface area contributed by atoms with E-state index in [0.29, 0.717) is 5.69 Å². The van der Waals surface area contributed by atoms with Gasteiger partial charge in [0.2, 0.25) is 5.91 Å². The zero-order chi connectivity index (χ0) is 20.8. The zero-order valence-electron chi connectivity index (χ0n) is 15.1. The van der Waals surface area contributed by atoms with Crippen LogP contribution in [0.3, 0.4) is 0 Å². The molecular formula is C20H17F2N3O4. The number of ether oxygens (including phenoxy) is 1. The van der Waals surface area contributed by atoms with Gasteiger partial charge in [0, 0.05) is 18.0 Å². The van der Waals surface area contributed by atoms with Crippen LogP contribution >= 0.6 is 0 Å². The number of rotatable bonds is 7. The molecular weight excluding hydrogens is 384 g/mol. The van der Waals surface area contributed by atoms with E-state index in [1.165, 1.54) is 41.1 Å². The highest BCUT2D eigenvalue weighted by Crippen LogP contribution is 2.17. The molecule has 0 aliphatic rings. The van der Waals surface area contributed by atoms with Crippen molar-refractivity contribution in [2.45, 2.75) is 19.7 Å². The first-order valence-corrected chi connectivity index (χ1v) is 8.61. The number of aromatic nitrogens is 2. The van der Waals surface area contributed by atoms with Crippen molar-refractivity contribution in [2.24, 2.45) is 0 Å². The van der Waals surface area contributed by atoms with Crippen LogP contribution in [0, 0.1) is 0 Å². The molecule has 1 N–H and O–H groups in total. The summed E-state index contributed by atoms with van der Waals surface area (Å²) in [7, 11) is 0. The minimum atomic E-state index is -2.95. The first kappa shape index (κ1) is 20.0. The number of hydrogen-bond acceptors (Lipinski definition) is 4. The zero-order valence-corrected chi connectivity index (χ0v) is 15.1. The Morgan fingerprint density at radius 2 is 1.69 bits per heavy atom. The maximum Gasteiger partial charge on any atom is 0.387 e. The van der Waals surface area contributed by atoms with Gasteiger partial charge in [-0.3, -0.25) is 18.7 Å². The third-order valence-corrected chi connectivity index (χ3v) is 4.00. The SMILES string of the molecule is O=C(Cn1c(=O)ccn(Cc2ccccc2)c1=O)Nc1ccc(OC(F)F)cc1. The fraction of sp³-hybridized carbons (Fsp3) is 0.150. The van der Waals surface area contributed by atoms with Crippen LogP contribution in [0.25, 0.3) is 0 Å². The second-order valence-corrected chi connectivity index (χ2v) is 6.09. The van der Waals surface area contributed by atoms with Gasteiger partial charge >= 0.3 is 12.3 Å². The van der Waals surface area contributed by atoms with Crippen molar-refractivity contribution < 1.29 is 18.3 Å². The minimum Gasteiger partial charge on any atom is -0.435 e. The van der Waals surface area contributed by atoms with E-state index in [9.17, 15) is 23.2 Å². The number of nitrogens with one attached hydrogen (secondary N) is 1. The van der Waals surface area contributed by atoms with Crippen LogP contribution in [-0.4, -0.2) is 21.7 Å². The molecule has 150 valence electrons. The summed E-state index contributed by atoms with van der Waals surface area (Å²) in [6.07, 6.45) is 1.38. The lowest BCUT2D eigenvalue weighted by Gasteiger charge is -2.11. The van der Waals surface area contributed by atoms with Gasteiger partial charge in [0.1, 0.15) is 12.3 Å². The largest absolute Gasteiger partial charge is 0.435 e. The van der Waals surface area contributed by atoms with E-state index in [4.69, 9.17) is 0 Å². The van der Waals surface area contributed by atoms with Crippen LogP contribution in [0.4, 0.5) is 14.5 Å². The van der Waals surface area contributed by atoms with Gasteiger partial charge in [-0.2, -0.15) is 8.78 Å². The van der Waals surface area contributed by atoms with Crippen molar-refractivity contribution in [3.8, 4) is 5.75 Å². The topological polar surface area (TPSA) is 82.3 Å². The summed E-state index contributed by atoms with van der Waals surface area (Å²) >= 11 is 0. The highest BCUT2D eigenvalue weighted by molar-refractivity contribution is 5.90. The lowest BCUT2D eigenvalue weighted by Crippen LogP contribution is -2.41. The number of anilines is 1. The molecule has 0 saturated heterocycles. The number of nitrogens with zero attached hydrogens (tertiary/aromatic N) is 2. The van der Waals surface area contributed by atoms with E-state index < -0.39 is 30.3 Å². The maximum absolute atomic E-state index is 12.6. The molecule has 2 aromatic carbocycles. The van der Waals surface area contributed by atoms with Crippen molar-refractivity contribution >= 4 is 11.6 Å². The average molecular weight is 401 g/mol. The molecule has 3 rings (SSSR count). The number of hydrogen-bond donors (Lipinski definition) is 1. The standard InChI is InChI=1S/C20H17F2N3O4/c21-19(22)29-16-8-6-15(7-9-16)23-17(26)13-25-18(27)10-11-24(20(25)28)12-14-4-2-1-3-5-14/h1-11,19H,12-13H2,(H,23,26). The molecule has 0 fully saturated rings. The molecule has 0 spiro atoms. The van der Waals surface area contributed by atoms with Crippen LogP contribution in [0.5, 0.6) is 5.75 Å². The summed E-state index contributed by atoms with van der Waals surface area (Å²) in [5.41, 5.74) is -0.0344. The Balaban J connectivity index is 1.72. The smallest absolute Gasteiger partial charge is 0.387 e. The summed E-state index contributed by atoms with van der Waals surface area (Å²) in [6.45, 7) is -3.17. The molecule has 0 aliphatic carbocycles.